The molecule has 0 amide bonds. The summed E-state index contributed by atoms with van der Waals surface area (Å²) in [5.74, 6) is 2.47. The largest absolute Gasteiger partial charge is 0.491 e. The smallest absolute Gasteiger partial charge is 0.191 e. The standard InChI is InChI=1S/C24H33N3O4.HI/c1-18-4-7-20(23(14-18)31-22-10-11-29-17-22)16-27-24(25-2)26-15-19-5-8-21(9-6-19)30-13-12-28-3;/h4-9,14,22H,10-13,15-17H2,1-3H3,(H2,25,26,27);1H. The van der Waals surface area contributed by atoms with Crippen molar-refractivity contribution in [2.75, 3.05) is 40.6 Å². The van der Waals surface area contributed by atoms with Crippen LogP contribution in [0.25, 0.3) is 0 Å². The van der Waals surface area contributed by atoms with Crippen LogP contribution >= 0.6 is 24.0 Å². The molecule has 7 nitrogen and oxygen atoms in total. The average molecular weight is 555 g/mol. The van der Waals surface area contributed by atoms with Crippen molar-refractivity contribution in [3.63, 3.8) is 0 Å². The van der Waals surface area contributed by atoms with Crippen LogP contribution in [-0.4, -0.2) is 52.6 Å². The van der Waals surface area contributed by atoms with Gasteiger partial charge in [-0.2, -0.15) is 0 Å². The zero-order valence-corrected chi connectivity index (χ0v) is 21.4. The third kappa shape index (κ3) is 8.48. The van der Waals surface area contributed by atoms with E-state index in [2.05, 4.69) is 40.7 Å². The van der Waals surface area contributed by atoms with Crippen LogP contribution in [0.5, 0.6) is 11.5 Å². The molecule has 1 saturated heterocycles. The molecule has 0 radical (unpaired) electrons. The molecule has 1 unspecified atom stereocenters. The van der Waals surface area contributed by atoms with Gasteiger partial charge in [-0.05, 0) is 36.2 Å². The van der Waals surface area contributed by atoms with Gasteiger partial charge in [-0.25, -0.2) is 0 Å². The van der Waals surface area contributed by atoms with Crippen molar-refractivity contribution in [1.82, 2.24) is 10.6 Å². The van der Waals surface area contributed by atoms with E-state index in [0.29, 0.717) is 32.9 Å². The van der Waals surface area contributed by atoms with Crippen LogP contribution in [0.4, 0.5) is 0 Å². The number of hydrogen-bond acceptors (Lipinski definition) is 5. The number of halogens is 1. The van der Waals surface area contributed by atoms with E-state index in [0.717, 1.165) is 41.6 Å². The van der Waals surface area contributed by atoms with Gasteiger partial charge in [-0.15, -0.1) is 24.0 Å². The van der Waals surface area contributed by atoms with Gasteiger partial charge in [0.2, 0.25) is 0 Å². The Balaban J connectivity index is 0.00000363. The molecule has 0 spiro atoms. The van der Waals surface area contributed by atoms with E-state index in [1.54, 1.807) is 14.2 Å². The normalized spacial score (nSPS) is 15.7. The second-order valence-corrected chi connectivity index (χ2v) is 7.48. The number of methoxy groups -OCH3 is 1. The number of hydrogen-bond donors (Lipinski definition) is 2. The van der Waals surface area contributed by atoms with Gasteiger partial charge < -0.3 is 29.6 Å². The van der Waals surface area contributed by atoms with Gasteiger partial charge in [0.05, 0.1) is 19.8 Å². The van der Waals surface area contributed by atoms with Gasteiger partial charge in [0.15, 0.2) is 5.96 Å². The first kappa shape index (κ1) is 26.2. The van der Waals surface area contributed by atoms with Gasteiger partial charge in [0, 0.05) is 39.2 Å². The number of aliphatic imine (C=N–C) groups is 1. The van der Waals surface area contributed by atoms with Crippen molar-refractivity contribution in [1.29, 1.82) is 0 Å². The number of rotatable bonds is 10. The van der Waals surface area contributed by atoms with Crippen molar-refractivity contribution in [2.45, 2.75) is 32.5 Å². The topological polar surface area (TPSA) is 73.3 Å². The number of benzene rings is 2. The van der Waals surface area contributed by atoms with Crippen LogP contribution in [0.3, 0.4) is 0 Å². The summed E-state index contributed by atoms with van der Waals surface area (Å²) in [6.45, 7) is 5.89. The van der Waals surface area contributed by atoms with E-state index in [9.17, 15) is 0 Å². The molecule has 8 heteroatoms. The minimum Gasteiger partial charge on any atom is -0.491 e. The van der Waals surface area contributed by atoms with Gasteiger partial charge in [0.25, 0.3) is 0 Å². The predicted octanol–water partition coefficient (Wildman–Crippen LogP) is 3.67. The summed E-state index contributed by atoms with van der Waals surface area (Å²) in [6, 6.07) is 14.3. The third-order valence-electron chi connectivity index (χ3n) is 5.01. The second kappa shape index (κ2) is 14.2. The lowest BCUT2D eigenvalue weighted by molar-refractivity contribution is 0.140. The van der Waals surface area contributed by atoms with Crippen LogP contribution in [-0.2, 0) is 22.6 Å². The maximum absolute atomic E-state index is 6.18. The van der Waals surface area contributed by atoms with Crippen molar-refractivity contribution in [3.05, 3.63) is 59.2 Å². The lowest BCUT2D eigenvalue weighted by Crippen LogP contribution is -2.36. The van der Waals surface area contributed by atoms with E-state index in [4.69, 9.17) is 18.9 Å². The first-order valence-corrected chi connectivity index (χ1v) is 10.7. The molecule has 0 saturated carbocycles. The molecule has 1 aliphatic heterocycles. The Hall–Kier alpha value is -2.04. The number of nitrogens with zero attached hydrogens (tertiary/aromatic N) is 1. The van der Waals surface area contributed by atoms with Crippen LogP contribution in [0.2, 0.25) is 0 Å². The Labute approximate surface area is 207 Å². The first-order chi connectivity index (χ1) is 15.2. The molecule has 3 rings (SSSR count). The molecule has 2 N–H and O–H groups in total. The highest BCUT2D eigenvalue weighted by Gasteiger charge is 2.18. The Morgan fingerprint density at radius 2 is 1.88 bits per heavy atom. The molecule has 1 atom stereocenters. The Morgan fingerprint density at radius 3 is 2.56 bits per heavy atom. The fourth-order valence-corrected chi connectivity index (χ4v) is 3.23. The van der Waals surface area contributed by atoms with Gasteiger partial charge in [0.1, 0.15) is 24.2 Å². The van der Waals surface area contributed by atoms with E-state index in [1.165, 1.54) is 5.56 Å². The molecule has 2 aromatic carbocycles. The summed E-state index contributed by atoms with van der Waals surface area (Å²) >= 11 is 0. The summed E-state index contributed by atoms with van der Waals surface area (Å²) < 4.78 is 22.2. The predicted molar refractivity (Wildman–Crippen MR) is 137 cm³/mol. The van der Waals surface area contributed by atoms with Crippen LogP contribution < -0.4 is 20.1 Å². The molecule has 32 heavy (non-hydrogen) atoms. The summed E-state index contributed by atoms with van der Waals surface area (Å²) in [5.41, 5.74) is 3.41. The van der Waals surface area contributed by atoms with Crippen molar-refractivity contribution >= 4 is 29.9 Å². The van der Waals surface area contributed by atoms with Crippen LogP contribution in [0, 0.1) is 6.92 Å². The molecule has 0 aromatic heterocycles. The fourth-order valence-electron chi connectivity index (χ4n) is 3.23. The van der Waals surface area contributed by atoms with Gasteiger partial charge in [-0.3, -0.25) is 4.99 Å². The molecule has 1 aliphatic rings. The van der Waals surface area contributed by atoms with E-state index in [-0.39, 0.29) is 30.1 Å². The van der Waals surface area contributed by atoms with Crippen LogP contribution in [0.15, 0.2) is 47.5 Å². The number of guanidine groups is 1. The highest BCUT2D eigenvalue weighted by atomic mass is 127. The van der Waals surface area contributed by atoms with E-state index >= 15 is 0 Å². The monoisotopic (exact) mass is 555 g/mol. The number of nitrogens with one attached hydrogen (secondary N) is 2. The fraction of sp³-hybridized carbons (Fsp3) is 0.458. The maximum Gasteiger partial charge on any atom is 0.191 e. The first-order valence-electron chi connectivity index (χ1n) is 10.7. The third-order valence-corrected chi connectivity index (χ3v) is 5.01. The minimum atomic E-state index is 0. The second-order valence-electron chi connectivity index (χ2n) is 7.48. The summed E-state index contributed by atoms with van der Waals surface area (Å²) in [6.07, 6.45) is 1.06. The quantitative estimate of drug-likeness (QED) is 0.202. The van der Waals surface area contributed by atoms with Crippen molar-refractivity contribution in [3.8, 4) is 11.5 Å². The molecular weight excluding hydrogens is 521 g/mol. The van der Waals surface area contributed by atoms with E-state index < -0.39 is 0 Å². The number of aryl methyl sites for hydroxylation is 1. The average Bonchev–Trinajstić information content (AvgIpc) is 3.29. The van der Waals surface area contributed by atoms with Crippen molar-refractivity contribution < 1.29 is 18.9 Å². The molecule has 2 aromatic rings. The van der Waals surface area contributed by atoms with Crippen LogP contribution in [0.1, 0.15) is 23.1 Å². The minimum absolute atomic E-state index is 0. The Morgan fingerprint density at radius 1 is 1.09 bits per heavy atom. The molecule has 1 fully saturated rings. The molecule has 1 heterocycles. The Kier molecular flexibility index (Phi) is 11.6. The zero-order valence-electron chi connectivity index (χ0n) is 19.1. The summed E-state index contributed by atoms with van der Waals surface area (Å²) in [5, 5.41) is 6.72. The van der Waals surface area contributed by atoms with Crippen molar-refractivity contribution in [2.24, 2.45) is 4.99 Å². The summed E-state index contributed by atoms with van der Waals surface area (Å²) in [7, 11) is 3.43. The molecule has 0 bridgehead atoms. The summed E-state index contributed by atoms with van der Waals surface area (Å²) in [4.78, 5) is 4.33. The zero-order chi connectivity index (χ0) is 21.9. The molecular formula is C24H34IN3O4. The van der Waals surface area contributed by atoms with Gasteiger partial charge >= 0.3 is 0 Å². The maximum atomic E-state index is 6.18. The highest BCUT2D eigenvalue weighted by Crippen LogP contribution is 2.23. The molecule has 0 aliphatic carbocycles. The highest BCUT2D eigenvalue weighted by molar-refractivity contribution is 14.0. The van der Waals surface area contributed by atoms with Gasteiger partial charge in [-0.1, -0.05) is 24.3 Å². The number of ether oxygens (including phenoxy) is 4. The lowest BCUT2D eigenvalue weighted by Gasteiger charge is -2.18. The lowest BCUT2D eigenvalue weighted by atomic mass is 10.1. The van der Waals surface area contributed by atoms with E-state index in [1.807, 2.05) is 24.3 Å². The Bertz CT molecular complexity index is 840. The SMILES string of the molecule is CN=C(NCc1ccc(OCCOC)cc1)NCc1ccc(C)cc1OC1CCOC1.I. The molecule has 176 valence electrons.